The van der Waals surface area contributed by atoms with E-state index in [1.54, 1.807) is 0 Å². The van der Waals surface area contributed by atoms with Gasteiger partial charge in [0.15, 0.2) is 0 Å². The maximum atomic E-state index is 8.58. The Morgan fingerprint density at radius 3 is 0.391 bits per heavy atom. The number of hydrogen-bond donors (Lipinski definition) is 0. The molecule has 0 spiro atoms. The van der Waals surface area contributed by atoms with E-state index in [1.165, 1.54) is 0 Å². The second kappa shape index (κ2) is 20.7. The SMILES string of the molecule is [Ca+2].[Ce+3].[La+3].[O]=[Mn](=[O])([O-])[O-].[O]=[Mn](=[O])([O-])[O-].[O]=[Mn](=[O])([O-])[O-].[O]=[Mn](=[O])([O-])[O-]. The molecule has 0 aromatic carbocycles. The number of rotatable bonds is 0. The second-order valence-electron chi connectivity index (χ2n) is 1.51. The Hall–Kier alpha value is 3.99. The van der Waals surface area contributed by atoms with Gasteiger partial charge in [-0.15, -0.1) is 0 Å². The van der Waals surface area contributed by atoms with Crippen LogP contribution in [0.15, 0.2) is 0 Å². The minimum absolute atomic E-state index is 0. The second-order valence-corrected chi connectivity index (χ2v) is 6.23. The van der Waals surface area contributed by atoms with Crippen molar-refractivity contribution in [3.8, 4) is 0 Å². The predicted octanol–water partition coefficient (Wildman–Crippen LogP) is -10.9. The van der Waals surface area contributed by atoms with Gasteiger partial charge in [0, 0.05) is 0 Å². The first-order valence-corrected chi connectivity index (χ1v) is 10.2. The van der Waals surface area contributed by atoms with Crippen molar-refractivity contribution < 1.29 is 195 Å². The Balaban J connectivity index is -0.0000000284. The van der Waals surface area contributed by atoms with Gasteiger partial charge in [-0.25, -0.2) is 0 Å². The van der Waals surface area contributed by atoms with Gasteiger partial charge in [-0.05, 0) is 0 Å². The van der Waals surface area contributed by atoms with Gasteiger partial charge < -0.3 is 0 Å². The maximum absolute atomic E-state index is 8.58. The van der Waals surface area contributed by atoms with Crippen molar-refractivity contribution >= 4 is 37.7 Å². The van der Waals surface area contributed by atoms with Gasteiger partial charge in [0.1, 0.15) is 0 Å². The summed E-state index contributed by atoms with van der Waals surface area (Å²) < 4.78 is 137. The standard InChI is InChI=1S/Ca.Ce.La.4Mn.16O/q+2;2*+3;;;;;;;;;;;;;8*-1. The van der Waals surface area contributed by atoms with Crippen molar-refractivity contribution in [1.29, 1.82) is 0 Å². The molecule has 0 heterocycles. The summed E-state index contributed by atoms with van der Waals surface area (Å²) in [6, 6.07) is 0. The zero-order valence-corrected chi connectivity index (χ0v) is 23.5. The van der Waals surface area contributed by atoms with E-state index in [1.807, 2.05) is 0 Å². The minimum atomic E-state index is -5.62. The van der Waals surface area contributed by atoms with Crippen molar-refractivity contribution in [2.24, 2.45) is 0 Å². The molecule has 0 aliphatic rings. The van der Waals surface area contributed by atoms with Crippen LogP contribution in [0.5, 0.6) is 0 Å². The van der Waals surface area contributed by atoms with Crippen LogP contribution in [0.2, 0.25) is 0 Å². The Morgan fingerprint density at radius 2 is 0.391 bits per heavy atom. The summed E-state index contributed by atoms with van der Waals surface area (Å²) >= 11 is -22.5. The van der Waals surface area contributed by atoms with Gasteiger partial charge in [0.2, 0.25) is 0 Å². The molecule has 0 aliphatic heterocycles. The van der Waals surface area contributed by atoms with Gasteiger partial charge in [-0.2, -0.15) is 0 Å². The van der Waals surface area contributed by atoms with Gasteiger partial charge in [-0.3, -0.25) is 0 Å². The van der Waals surface area contributed by atoms with E-state index >= 15 is 0 Å². The summed E-state index contributed by atoms with van der Waals surface area (Å²) in [4.78, 5) is 0. The zero-order valence-electron chi connectivity index (χ0n) is 9.83. The van der Waals surface area contributed by atoms with E-state index in [4.69, 9.17) is 64.2 Å². The normalized spacial score (nSPS) is 10.1. The Labute approximate surface area is 227 Å². The Kier molecular flexibility index (Phi) is 41.1. The summed E-state index contributed by atoms with van der Waals surface area (Å²) in [7, 11) is 0. The third kappa shape index (κ3) is 940. The molecule has 0 saturated heterocycles. The van der Waals surface area contributed by atoms with E-state index in [9.17, 15) is 0 Å². The van der Waals surface area contributed by atoms with Crippen molar-refractivity contribution in [3.05, 3.63) is 0 Å². The molecule has 23 heavy (non-hydrogen) atoms. The van der Waals surface area contributed by atoms with E-state index in [2.05, 4.69) is 0 Å². The number of hydrogen-bond acceptors (Lipinski definition) is 16. The Morgan fingerprint density at radius 1 is 0.391 bits per heavy atom. The summed E-state index contributed by atoms with van der Waals surface area (Å²) in [5.41, 5.74) is 0. The molecule has 23 heteroatoms. The third-order valence-electron chi connectivity index (χ3n) is 0. The first kappa shape index (κ1) is 45.6. The van der Waals surface area contributed by atoms with Crippen LogP contribution in [0.1, 0.15) is 0 Å². The molecule has 0 atom stereocenters. The molecule has 0 aromatic heterocycles. The van der Waals surface area contributed by atoms with Crippen molar-refractivity contribution in [3.63, 3.8) is 0 Å². The van der Waals surface area contributed by atoms with Crippen LogP contribution in [-0.2, 0) is 84.2 Å². The Bertz CT molecular complexity index is 485. The van der Waals surface area contributed by atoms with Crippen LogP contribution in [0, 0.1) is 77.3 Å². The van der Waals surface area contributed by atoms with Crippen molar-refractivity contribution in [1.82, 2.24) is 0 Å². The van der Waals surface area contributed by atoms with E-state index in [-0.39, 0.29) is 115 Å². The van der Waals surface area contributed by atoms with Crippen molar-refractivity contribution in [2.45, 2.75) is 0 Å². The van der Waals surface area contributed by atoms with Gasteiger partial charge in [0.05, 0.1) is 0 Å². The molecule has 133 valence electrons. The summed E-state index contributed by atoms with van der Waals surface area (Å²) in [6.07, 6.45) is 0. The van der Waals surface area contributed by atoms with E-state index in [0.717, 1.165) is 0 Å². The van der Waals surface area contributed by atoms with Crippen molar-refractivity contribution in [2.75, 3.05) is 0 Å². The van der Waals surface area contributed by atoms with Crippen LogP contribution in [0.25, 0.3) is 0 Å². The summed E-state index contributed by atoms with van der Waals surface area (Å²) in [5.74, 6) is 0. The monoisotopic (exact) mass is 794 g/mol. The molecule has 16 nitrogen and oxygen atoms in total. The fraction of sp³-hybridized carbons (Fsp3) is 0. The van der Waals surface area contributed by atoms with E-state index in [0.29, 0.717) is 0 Å². The van der Waals surface area contributed by atoms with Crippen LogP contribution in [-0.4, -0.2) is 37.7 Å². The van der Waals surface area contributed by atoms with Crippen LogP contribution in [0.3, 0.4) is 0 Å². The summed E-state index contributed by atoms with van der Waals surface area (Å²) in [5, 5.41) is 0. The molecule has 0 aliphatic carbocycles. The van der Waals surface area contributed by atoms with E-state index < -0.39 is 53.5 Å². The topological polar surface area (TPSA) is 321 Å². The molecule has 0 saturated carbocycles. The molecular formula is CaCeLaMn4O16. The first-order chi connectivity index (χ1) is 8.00. The first-order valence-electron chi connectivity index (χ1n) is 2.47. The molecule has 0 bridgehead atoms. The molecule has 0 amide bonds. The quantitative estimate of drug-likeness (QED) is 0.206. The molecule has 0 rings (SSSR count). The van der Waals surface area contributed by atoms with Gasteiger partial charge in [0.25, 0.3) is 0 Å². The fourth-order valence-corrected chi connectivity index (χ4v) is 0. The fourth-order valence-electron chi connectivity index (χ4n) is 0. The molecule has 0 fully saturated rings. The van der Waals surface area contributed by atoms with Crippen LogP contribution >= 0.6 is 0 Å². The molecular weight excluding hydrogens is 795 g/mol. The van der Waals surface area contributed by atoms with Gasteiger partial charge in [-0.1, -0.05) is 0 Å². The van der Waals surface area contributed by atoms with Crippen LogP contribution < -0.4 is 33.5 Å². The molecule has 0 N–H and O–H groups in total. The molecule has 1 radical (unpaired) electrons. The average Bonchev–Trinajstić information content (AvgIpc) is 1.62. The van der Waals surface area contributed by atoms with Crippen LogP contribution in [0.4, 0.5) is 0 Å². The predicted molar refractivity (Wildman–Crippen MR) is 11.2 cm³/mol. The molecule has 0 unspecified atom stereocenters. The molecule has 0 aromatic rings. The third-order valence-corrected chi connectivity index (χ3v) is 0. The average molecular weight is 795 g/mol. The summed E-state index contributed by atoms with van der Waals surface area (Å²) in [6.45, 7) is 0. The van der Waals surface area contributed by atoms with Gasteiger partial charge >= 0.3 is 233 Å². The zero-order chi connectivity index (χ0) is 18.0.